The van der Waals surface area contributed by atoms with Crippen LogP contribution in [-0.4, -0.2) is 37.2 Å². The Kier molecular flexibility index (Phi) is 5.11. The molecule has 1 aromatic carbocycles. The van der Waals surface area contributed by atoms with Gasteiger partial charge in [-0.25, -0.2) is 4.79 Å². The normalized spacial score (nSPS) is 10.0. The van der Waals surface area contributed by atoms with Gasteiger partial charge in [-0.3, -0.25) is 4.79 Å². The van der Waals surface area contributed by atoms with Crippen LogP contribution in [0.15, 0.2) is 22.7 Å². The highest BCUT2D eigenvalue weighted by Crippen LogP contribution is 2.26. The van der Waals surface area contributed by atoms with Gasteiger partial charge in [0.25, 0.3) is 5.78 Å². The average Bonchev–Trinajstić information content (AvgIpc) is 2.30. The molecule has 17 heavy (non-hydrogen) atoms. The van der Waals surface area contributed by atoms with Gasteiger partial charge >= 0.3 is 5.97 Å². The number of halogens is 1. The number of aliphatic carboxylic acids is 1. The van der Waals surface area contributed by atoms with Crippen molar-refractivity contribution in [1.82, 2.24) is 0 Å². The van der Waals surface area contributed by atoms with Gasteiger partial charge in [0.05, 0.1) is 11.1 Å². The molecule has 0 amide bonds. The highest BCUT2D eigenvalue weighted by atomic mass is 79.9. The molecule has 0 atom stereocenters. The zero-order valence-electron chi connectivity index (χ0n) is 9.10. The third-order valence-electron chi connectivity index (χ3n) is 1.93. The minimum absolute atomic E-state index is 0.100. The van der Waals surface area contributed by atoms with Crippen LogP contribution in [0.4, 0.5) is 0 Å². The van der Waals surface area contributed by atoms with E-state index in [-0.39, 0.29) is 5.56 Å². The molecule has 0 aliphatic heterocycles. The number of carbonyl (C=O) groups excluding carboxylic acids is 1. The molecule has 0 bridgehead atoms. The highest BCUT2D eigenvalue weighted by molar-refractivity contribution is 9.10. The summed E-state index contributed by atoms with van der Waals surface area (Å²) < 4.78 is 10.7. The Morgan fingerprint density at radius 2 is 2.06 bits per heavy atom. The monoisotopic (exact) mass is 302 g/mol. The minimum Gasteiger partial charge on any atom is -0.490 e. The quantitative estimate of drug-likeness (QED) is 0.492. The lowest BCUT2D eigenvalue weighted by molar-refractivity contribution is -0.131. The number of hydrogen-bond donors (Lipinski definition) is 1. The van der Waals surface area contributed by atoms with E-state index in [1.165, 1.54) is 18.2 Å². The van der Waals surface area contributed by atoms with Crippen LogP contribution in [-0.2, 0) is 9.53 Å². The fourth-order valence-electron chi connectivity index (χ4n) is 1.12. The third-order valence-corrected chi connectivity index (χ3v) is 2.55. The van der Waals surface area contributed by atoms with Crippen molar-refractivity contribution in [3.8, 4) is 5.75 Å². The van der Waals surface area contributed by atoms with E-state index in [1.807, 2.05) is 0 Å². The molecule has 0 aliphatic carbocycles. The first-order valence-corrected chi connectivity index (χ1v) is 5.54. The first kappa shape index (κ1) is 13.7. The van der Waals surface area contributed by atoms with Crippen LogP contribution in [0.2, 0.25) is 0 Å². The number of hydrogen-bond acceptors (Lipinski definition) is 4. The molecule has 0 unspecified atom stereocenters. The SMILES string of the molecule is COCCOc1ccc(C(=O)C(=O)O)cc1Br. The molecule has 92 valence electrons. The molecule has 0 heterocycles. The Hall–Kier alpha value is -1.40. The zero-order chi connectivity index (χ0) is 12.8. The summed E-state index contributed by atoms with van der Waals surface area (Å²) in [5.41, 5.74) is 0.100. The van der Waals surface area contributed by atoms with Gasteiger partial charge in [0, 0.05) is 12.7 Å². The molecule has 0 aromatic heterocycles. The Labute approximate surface area is 106 Å². The highest BCUT2D eigenvalue weighted by Gasteiger charge is 2.15. The minimum atomic E-state index is -1.48. The number of benzene rings is 1. The molecule has 0 radical (unpaired) electrons. The molecule has 0 saturated heterocycles. The van der Waals surface area contributed by atoms with Gasteiger partial charge < -0.3 is 14.6 Å². The summed E-state index contributed by atoms with van der Waals surface area (Å²) in [4.78, 5) is 21.7. The zero-order valence-corrected chi connectivity index (χ0v) is 10.7. The van der Waals surface area contributed by atoms with E-state index in [4.69, 9.17) is 14.6 Å². The van der Waals surface area contributed by atoms with Gasteiger partial charge in [-0.2, -0.15) is 0 Å². The summed E-state index contributed by atoms with van der Waals surface area (Å²) in [6.07, 6.45) is 0. The average molecular weight is 303 g/mol. The van der Waals surface area contributed by atoms with E-state index in [0.717, 1.165) is 0 Å². The number of Topliss-reactive ketones (excluding diaryl/α,β-unsaturated/α-hetero) is 1. The van der Waals surface area contributed by atoms with Crippen LogP contribution in [0.25, 0.3) is 0 Å². The second-order valence-corrected chi connectivity index (χ2v) is 3.98. The van der Waals surface area contributed by atoms with Crippen molar-refractivity contribution < 1.29 is 24.2 Å². The molecular formula is C11H11BrO5. The predicted molar refractivity (Wildman–Crippen MR) is 63.5 cm³/mol. The lowest BCUT2D eigenvalue weighted by atomic mass is 10.1. The fourth-order valence-corrected chi connectivity index (χ4v) is 1.61. The van der Waals surface area contributed by atoms with Crippen molar-refractivity contribution >= 4 is 27.7 Å². The third kappa shape index (κ3) is 3.83. The second kappa shape index (κ2) is 6.36. The van der Waals surface area contributed by atoms with E-state index < -0.39 is 11.8 Å². The topological polar surface area (TPSA) is 72.8 Å². The number of carbonyl (C=O) groups is 2. The first-order valence-electron chi connectivity index (χ1n) is 4.75. The van der Waals surface area contributed by atoms with Crippen LogP contribution in [0.5, 0.6) is 5.75 Å². The van der Waals surface area contributed by atoms with E-state index >= 15 is 0 Å². The molecule has 0 aliphatic rings. The van der Waals surface area contributed by atoms with Gasteiger partial charge in [0.2, 0.25) is 0 Å². The Balaban J connectivity index is 2.79. The van der Waals surface area contributed by atoms with Crippen LogP contribution in [0, 0.1) is 0 Å². The molecule has 1 N–H and O–H groups in total. The number of rotatable bonds is 6. The first-order chi connectivity index (χ1) is 8.06. The maximum atomic E-state index is 11.2. The maximum Gasteiger partial charge on any atom is 0.377 e. The van der Waals surface area contributed by atoms with E-state index in [9.17, 15) is 9.59 Å². The van der Waals surface area contributed by atoms with Crippen molar-refractivity contribution in [3.63, 3.8) is 0 Å². The van der Waals surface area contributed by atoms with Crippen molar-refractivity contribution in [2.45, 2.75) is 0 Å². The second-order valence-electron chi connectivity index (χ2n) is 3.12. The van der Waals surface area contributed by atoms with E-state index in [2.05, 4.69) is 15.9 Å². The number of carboxylic acids is 1. The Bertz CT molecular complexity index is 430. The molecule has 0 saturated carbocycles. The molecule has 0 fully saturated rings. The Morgan fingerprint density at radius 1 is 1.35 bits per heavy atom. The number of ketones is 1. The number of methoxy groups -OCH3 is 1. The summed E-state index contributed by atoms with van der Waals surface area (Å²) in [6.45, 7) is 0.823. The van der Waals surface area contributed by atoms with Crippen LogP contribution in [0.3, 0.4) is 0 Å². The summed E-state index contributed by atoms with van der Waals surface area (Å²) in [7, 11) is 1.56. The van der Waals surface area contributed by atoms with E-state index in [1.54, 1.807) is 7.11 Å². The number of ether oxygens (including phenoxy) is 2. The van der Waals surface area contributed by atoms with Gasteiger partial charge in [-0.15, -0.1) is 0 Å². The van der Waals surface area contributed by atoms with Crippen LogP contribution in [0.1, 0.15) is 10.4 Å². The predicted octanol–water partition coefficient (Wildman–Crippen LogP) is 1.74. The van der Waals surface area contributed by atoms with Crippen LogP contribution < -0.4 is 4.74 Å². The van der Waals surface area contributed by atoms with Crippen molar-refractivity contribution in [2.75, 3.05) is 20.3 Å². The van der Waals surface area contributed by atoms with Gasteiger partial charge in [0.1, 0.15) is 12.4 Å². The largest absolute Gasteiger partial charge is 0.490 e. The lowest BCUT2D eigenvalue weighted by Gasteiger charge is -2.08. The van der Waals surface area contributed by atoms with Crippen molar-refractivity contribution in [1.29, 1.82) is 0 Å². The molecule has 1 aromatic rings. The molecular weight excluding hydrogens is 292 g/mol. The van der Waals surface area contributed by atoms with Gasteiger partial charge in [-0.05, 0) is 34.1 Å². The van der Waals surface area contributed by atoms with Gasteiger partial charge in [-0.1, -0.05) is 0 Å². The Morgan fingerprint density at radius 3 is 2.59 bits per heavy atom. The fraction of sp³-hybridized carbons (Fsp3) is 0.273. The van der Waals surface area contributed by atoms with E-state index in [0.29, 0.717) is 23.4 Å². The molecule has 1 rings (SSSR count). The molecule has 0 spiro atoms. The molecule has 6 heteroatoms. The summed E-state index contributed by atoms with van der Waals surface area (Å²) in [5, 5.41) is 8.56. The standard InChI is InChI=1S/C11H11BrO5/c1-16-4-5-17-9-3-2-7(6-8(9)12)10(13)11(14)15/h2-3,6H,4-5H2,1H3,(H,14,15). The maximum absolute atomic E-state index is 11.2. The number of carboxylic acid groups (broad SMARTS) is 1. The summed E-state index contributed by atoms with van der Waals surface area (Å²) >= 11 is 3.21. The lowest BCUT2D eigenvalue weighted by Crippen LogP contribution is -2.12. The van der Waals surface area contributed by atoms with Crippen molar-refractivity contribution in [2.24, 2.45) is 0 Å². The van der Waals surface area contributed by atoms with Crippen LogP contribution >= 0.6 is 15.9 Å². The summed E-state index contributed by atoms with van der Waals surface area (Å²) in [6, 6.07) is 4.36. The smallest absolute Gasteiger partial charge is 0.377 e. The van der Waals surface area contributed by atoms with Gasteiger partial charge in [0.15, 0.2) is 0 Å². The molecule has 5 nitrogen and oxygen atoms in total. The van der Waals surface area contributed by atoms with Crippen molar-refractivity contribution in [3.05, 3.63) is 28.2 Å². The summed E-state index contributed by atoms with van der Waals surface area (Å²) in [5.74, 6) is -1.90.